The summed E-state index contributed by atoms with van der Waals surface area (Å²) >= 11 is 0. The predicted molar refractivity (Wildman–Crippen MR) is 64.9 cm³/mol. The summed E-state index contributed by atoms with van der Waals surface area (Å²) in [4.78, 5) is 11.7. The highest BCUT2D eigenvalue weighted by Crippen LogP contribution is 2.13. The Balaban J connectivity index is 2.14. The van der Waals surface area contributed by atoms with Gasteiger partial charge in [-0.2, -0.15) is 0 Å². The first-order valence-electron chi connectivity index (χ1n) is 5.23. The molecule has 1 aromatic heterocycles. The molecule has 3 heteroatoms. The van der Waals surface area contributed by atoms with Crippen LogP contribution in [0.2, 0.25) is 0 Å². The summed E-state index contributed by atoms with van der Waals surface area (Å²) in [5, 5.41) is 9.26. The van der Waals surface area contributed by atoms with Crippen LogP contribution in [-0.2, 0) is 0 Å². The maximum Gasteiger partial charge on any atom is 0.186 e. The Morgan fingerprint density at radius 3 is 2.76 bits per heavy atom. The second-order valence-electron chi connectivity index (χ2n) is 3.70. The van der Waals surface area contributed by atoms with Gasteiger partial charge in [0.1, 0.15) is 17.3 Å². The number of phenols is 1. The van der Waals surface area contributed by atoms with Crippen molar-refractivity contribution in [1.82, 2.24) is 0 Å². The number of benzene rings is 1. The lowest BCUT2D eigenvalue weighted by molar-refractivity contribution is 0.104. The van der Waals surface area contributed by atoms with Crippen molar-refractivity contribution in [1.29, 1.82) is 0 Å². The van der Waals surface area contributed by atoms with Gasteiger partial charge in [-0.05, 0) is 43.3 Å². The second kappa shape index (κ2) is 4.70. The van der Waals surface area contributed by atoms with E-state index in [9.17, 15) is 9.90 Å². The third-order valence-corrected chi connectivity index (χ3v) is 2.29. The topological polar surface area (TPSA) is 50.4 Å². The van der Waals surface area contributed by atoms with Gasteiger partial charge in [-0.25, -0.2) is 0 Å². The van der Waals surface area contributed by atoms with Gasteiger partial charge in [-0.15, -0.1) is 0 Å². The molecule has 2 aromatic rings. The van der Waals surface area contributed by atoms with E-state index >= 15 is 0 Å². The molecule has 0 fully saturated rings. The molecule has 0 bridgehead atoms. The van der Waals surface area contributed by atoms with E-state index in [4.69, 9.17) is 4.42 Å². The Morgan fingerprint density at radius 2 is 2.12 bits per heavy atom. The van der Waals surface area contributed by atoms with Crippen molar-refractivity contribution in [2.45, 2.75) is 6.92 Å². The lowest BCUT2D eigenvalue weighted by Crippen LogP contribution is -1.92. The van der Waals surface area contributed by atoms with E-state index in [1.807, 2.05) is 13.0 Å². The van der Waals surface area contributed by atoms with Crippen molar-refractivity contribution in [3.05, 3.63) is 59.6 Å². The van der Waals surface area contributed by atoms with E-state index in [0.29, 0.717) is 11.3 Å². The summed E-state index contributed by atoms with van der Waals surface area (Å²) in [6.07, 6.45) is 3.03. The number of ketones is 1. The molecule has 0 amide bonds. The maximum absolute atomic E-state index is 11.7. The van der Waals surface area contributed by atoms with Crippen molar-refractivity contribution in [3.8, 4) is 5.75 Å². The molecule has 0 saturated heterocycles. The van der Waals surface area contributed by atoms with Crippen molar-refractivity contribution >= 4 is 11.9 Å². The molecule has 0 saturated carbocycles. The molecule has 17 heavy (non-hydrogen) atoms. The number of aryl methyl sites for hydroxylation is 1. The Morgan fingerprint density at radius 1 is 1.29 bits per heavy atom. The number of carbonyl (C=O) groups excluding carboxylic acids is 1. The smallest absolute Gasteiger partial charge is 0.186 e. The number of rotatable bonds is 3. The molecular formula is C14H12O3. The summed E-state index contributed by atoms with van der Waals surface area (Å²) < 4.78 is 5.31. The van der Waals surface area contributed by atoms with Crippen molar-refractivity contribution in [2.75, 3.05) is 0 Å². The molecule has 0 atom stereocenters. The SMILES string of the molecule is Cc1ccc(/C=C/C(=O)c2cccc(O)c2)o1. The summed E-state index contributed by atoms with van der Waals surface area (Å²) in [5.74, 6) is 1.35. The van der Waals surface area contributed by atoms with E-state index in [-0.39, 0.29) is 11.5 Å². The van der Waals surface area contributed by atoms with E-state index in [1.54, 1.807) is 24.3 Å². The lowest BCUT2D eigenvalue weighted by Gasteiger charge is -1.96. The van der Waals surface area contributed by atoms with Crippen LogP contribution in [-0.4, -0.2) is 10.9 Å². The fourth-order valence-electron chi connectivity index (χ4n) is 1.46. The molecule has 2 rings (SSSR count). The van der Waals surface area contributed by atoms with E-state index < -0.39 is 0 Å². The fraction of sp³-hybridized carbons (Fsp3) is 0.0714. The minimum Gasteiger partial charge on any atom is -0.508 e. The molecule has 0 radical (unpaired) electrons. The molecule has 0 unspecified atom stereocenters. The summed E-state index contributed by atoms with van der Waals surface area (Å²) in [7, 11) is 0. The first kappa shape index (κ1) is 11.2. The molecule has 1 aromatic carbocycles. The van der Waals surface area contributed by atoms with Crippen LogP contribution in [0.5, 0.6) is 5.75 Å². The van der Waals surface area contributed by atoms with Gasteiger partial charge in [-0.1, -0.05) is 12.1 Å². The van der Waals surface area contributed by atoms with Crippen LogP contribution in [0.1, 0.15) is 21.9 Å². The van der Waals surface area contributed by atoms with Gasteiger partial charge in [0.05, 0.1) is 0 Å². The van der Waals surface area contributed by atoms with Crippen LogP contribution < -0.4 is 0 Å². The minimum absolute atomic E-state index is 0.0816. The Labute approximate surface area is 99.0 Å². The highest BCUT2D eigenvalue weighted by Gasteiger charge is 2.02. The van der Waals surface area contributed by atoms with Crippen LogP contribution >= 0.6 is 0 Å². The van der Waals surface area contributed by atoms with Crippen molar-refractivity contribution in [2.24, 2.45) is 0 Å². The quantitative estimate of drug-likeness (QED) is 0.648. The number of furan rings is 1. The fourth-order valence-corrected chi connectivity index (χ4v) is 1.46. The first-order valence-corrected chi connectivity index (χ1v) is 5.23. The van der Waals surface area contributed by atoms with Gasteiger partial charge in [0, 0.05) is 5.56 Å². The third kappa shape index (κ3) is 2.84. The molecule has 0 aliphatic rings. The molecule has 3 nitrogen and oxygen atoms in total. The molecule has 86 valence electrons. The average molecular weight is 228 g/mol. The predicted octanol–water partition coefficient (Wildman–Crippen LogP) is 3.19. The average Bonchev–Trinajstić information content (AvgIpc) is 2.72. The summed E-state index contributed by atoms with van der Waals surface area (Å²) in [6, 6.07) is 9.86. The monoisotopic (exact) mass is 228 g/mol. The zero-order valence-corrected chi connectivity index (χ0v) is 9.38. The van der Waals surface area contributed by atoms with E-state index in [1.165, 1.54) is 18.2 Å². The van der Waals surface area contributed by atoms with Gasteiger partial charge in [0.2, 0.25) is 0 Å². The highest BCUT2D eigenvalue weighted by molar-refractivity contribution is 6.06. The summed E-state index contributed by atoms with van der Waals surface area (Å²) in [5.41, 5.74) is 0.449. The standard InChI is InChI=1S/C14H12O3/c1-10-5-6-13(17-10)7-8-14(16)11-3-2-4-12(15)9-11/h2-9,15H,1H3/b8-7+. The molecule has 1 heterocycles. The molecular weight excluding hydrogens is 216 g/mol. The zero-order chi connectivity index (χ0) is 12.3. The number of phenolic OH excluding ortho intramolecular Hbond substituents is 1. The number of carbonyl (C=O) groups is 1. The Bertz CT molecular complexity index is 564. The van der Waals surface area contributed by atoms with Crippen LogP contribution in [0, 0.1) is 6.92 Å². The van der Waals surface area contributed by atoms with Crippen molar-refractivity contribution in [3.63, 3.8) is 0 Å². The zero-order valence-electron chi connectivity index (χ0n) is 9.38. The first-order chi connectivity index (χ1) is 8.15. The third-order valence-electron chi connectivity index (χ3n) is 2.29. The number of hydrogen-bond acceptors (Lipinski definition) is 3. The van der Waals surface area contributed by atoms with Gasteiger partial charge in [0.15, 0.2) is 5.78 Å². The largest absolute Gasteiger partial charge is 0.508 e. The molecule has 0 spiro atoms. The molecule has 0 aliphatic heterocycles. The van der Waals surface area contributed by atoms with Crippen LogP contribution in [0.25, 0.3) is 6.08 Å². The Hall–Kier alpha value is -2.29. The number of aromatic hydroxyl groups is 1. The van der Waals surface area contributed by atoms with E-state index in [0.717, 1.165) is 5.76 Å². The molecule has 1 N–H and O–H groups in total. The summed E-state index contributed by atoms with van der Waals surface area (Å²) in [6.45, 7) is 1.84. The van der Waals surface area contributed by atoms with Crippen LogP contribution in [0.15, 0.2) is 46.9 Å². The van der Waals surface area contributed by atoms with Crippen molar-refractivity contribution < 1.29 is 14.3 Å². The lowest BCUT2D eigenvalue weighted by atomic mass is 10.1. The van der Waals surface area contributed by atoms with Gasteiger partial charge < -0.3 is 9.52 Å². The molecule has 0 aliphatic carbocycles. The van der Waals surface area contributed by atoms with Crippen LogP contribution in [0.4, 0.5) is 0 Å². The number of hydrogen-bond donors (Lipinski definition) is 1. The van der Waals surface area contributed by atoms with Crippen LogP contribution in [0.3, 0.4) is 0 Å². The Kier molecular flexibility index (Phi) is 3.10. The van der Waals surface area contributed by atoms with Gasteiger partial charge in [0.25, 0.3) is 0 Å². The van der Waals surface area contributed by atoms with E-state index in [2.05, 4.69) is 0 Å². The normalized spacial score (nSPS) is 10.9. The number of allylic oxidation sites excluding steroid dienone is 1. The minimum atomic E-state index is -0.171. The van der Waals surface area contributed by atoms with Gasteiger partial charge >= 0.3 is 0 Å². The highest BCUT2D eigenvalue weighted by atomic mass is 16.3. The second-order valence-corrected chi connectivity index (χ2v) is 3.70. The van der Waals surface area contributed by atoms with Gasteiger partial charge in [-0.3, -0.25) is 4.79 Å². The maximum atomic E-state index is 11.7.